The second-order valence-corrected chi connectivity index (χ2v) is 7.23. The number of nitrogens with one attached hydrogen (secondary N) is 2. The third kappa shape index (κ3) is 4.14. The molecule has 0 saturated heterocycles. The van der Waals surface area contributed by atoms with Crippen molar-refractivity contribution in [2.75, 3.05) is 11.9 Å². The van der Waals surface area contributed by atoms with Crippen LogP contribution in [-0.4, -0.2) is 26.7 Å². The Kier molecular flexibility index (Phi) is 5.11. The maximum absolute atomic E-state index is 5.43. The zero-order valence-corrected chi connectivity index (χ0v) is 15.7. The zero-order chi connectivity index (χ0) is 18.6. The molecule has 27 heavy (non-hydrogen) atoms. The molecule has 7 nitrogen and oxygen atoms in total. The smallest absolute Gasteiger partial charge is 0.163 e. The Morgan fingerprint density at radius 2 is 2.22 bits per heavy atom. The summed E-state index contributed by atoms with van der Waals surface area (Å²) in [6, 6.07) is 5.89. The average Bonchev–Trinajstić information content (AvgIpc) is 3.13. The van der Waals surface area contributed by atoms with Gasteiger partial charge in [0.1, 0.15) is 17.3 Å². The summed E-state index contributed by atoms with van der Waals surface area (Å²) >= 11 is 0. The lowest BCUT2D eigenvalue weighted by atomic mass is 10.1. The Hall–Kier alpha value is -2.80. The van der Waals surface area contributed by atoms with Gasteiger partial charge in [0, 0.05) is 42.6 Å². The number of fused-ring (bicyclic) bond motifs is 1. The summed E-state index contributed by atoms with van der Waals surface area (Å²) in [6.45, 7) is 6.59. The molecular weight excluding hydrogens is 340 g/mol. The molecule has 0 amide bonds. The van der Waals surface area contributed by atoms with E-state index in [1.54, 1.807) is 12.4 Å². The molecule has 0 bridgehead atoms. The van der Waals surface area contributed by atoms with Crippen molar-refractivity contribution in [1.82, 2.24) is 25.4 Å². The van der Waals surface area contributed by atoms with E-state index in [-0.39, 0.29) is 0 Å². The van der Waals surface area contributed by atoms with Crippen LogP contribution in [0.25, 0.3) is 11.4 Å². The molecule has 0 saturated carbocycles. The highest BCUT2D eigenvalue weighted by molar-refractivity contribution is 5.59. The molecule has 0 unspecified atom stereocenters. The van der Waals surface area contributed by atoms with Crippen molar-refractivity contribution >= 4 is 5.82 Å². The van der Waals surface area contributed by atoms with E-state index >= 15 is 0 Å². The Balaban J connectivity index is 1.58. The van der Waals surface area contributed by atoms with Gasteiger partial charge in [-0.15, -0.1) is 0 Å². The summed E-state index contributed by atoms with van der Waals surface area (Å²) in [5, 5.41) is 11.0. The fourth-order valence-electron chi connectivity index (χ4n) is 3.24. The second-order valence-electron chi connectivity index (χ2n) is 7.23. The third-order valence-electron chi connectivity index (χ3n) is 4.51. The van der Waals surface area contributed by atoms with Crippen LogP contribution in [0.3, 0.4) is 0 Å². The highest BCUT2D eigenvalue weighted by atomic mass is 16.5. The Morgan fingerprint density at radius 3 is 3.04 bits per heavy atom. The first-order chi connectivity index (χ1) is 13.2. The number of aromatic nitrogens is 4. The number of rotatable bonds is 6. The minimum absolute atomic E-state index is 0.544. The second kappa shape index (κ2) is 7.84. The lowest BCUT2D eigenvalue weighted by Gasteiger charge is -2.20. The van der Waals surface area contributed by atoms with Crippen LogP contribution in [0.1, 0.15) is 36.6 Å². The first-order valence-corrected chi connectivity index (χ1v) is 9.38. The van der Waals surface area contributed by atoms with Gasteiger partial charge in [0.15, 0.2) is 5.82 Å². The van der Waals surface area contributed by atoms with Crippen molar-refractivity contribution in [3.8, 4) is 11.4 Å². The largest absolute Gasteiger partial charge is 0.364 e. The van der Waals surface area contributed by atoms with Crippen LogP contribution < -0.4 is 10.6 Å². The quantitative estimate of drug-likeness (QED) is 0.695. The lowest BCUT2D eigenvalue weighted by Crippen LogP contribution is -2.26. The molecule has 3 aromatic rings. The van der Waals surface area contributed by atoms with Gasteiger partial charge < -0.3 is 15.2 Å². The summed E-state index contributed by atoms with van der Waals surface area (Å²) in [4.78, 5) is 13.7. The predicted molar refractivity (Wildman–Crippen MR) is 103 cm³/mol. The van der Waals surface area contributed by atoms with E-state index in [1.807, 2.05) is 18.2 Å². The van der Waals surface area contributed by atoms with E-state index in [9.17, 15) is 0 Å². The van der Waals surface area contributed by atoms with Crippen LogP contribution >= 0.6 is 0 Å². The van der Waals surface area contributed by atoms with Crippen molar-refractivity contribution in [3.63, 3.8) is 0 Å². The molecule has 0 aliphatic carbocycles. The van der Waals surface area contributed by atoms with Crippen LogP contribution in [0.2, 0.25) is 0 Å². The third-order valence-corrected chi connectivity index (χ3v) is 4.51. The summed E-state index contributed by atoms with van der Waals surface area (Å²) in [7, 11) is 0. The highest BCUT2D eigenvalue weighted by Crippen LogP contribution is 2.25. The van der Waals surface area contributed by atoms with Crippen LogP contribution in [0.4, 0.5) is 5.82 Å². The molecule has 1 aliphatic heterocycles. The van der Waals surface area contributed by atoms with E-state index in [1.165, 1.54) is 5.56 Å². The van der Waals surface area contributed by atoms with Gasteiger partial charge >= 0.3 is 0 Å². The highest BCUT2D eigenvalue weighted by Gasteiger charge is 2.18. The topological polar surface area (TPSA) is 88.8 Å². The number of nitrogens with zero attached hydrogens (tertiary/aromatic N) is 4. The molecule has 7 heteroatoms. The van der Waals surface area contributed by atoms with E-state index in [4.69, 9.17) is 14.5 Å². The summed E-state index contributed by atoms with van der Waals surface area (Å²) in [5.74, 6) is 3.02. The van der Waals surface area contributed by atoms with Gasteiger partial charge in [-0.2, -0.15) is 0 Å². The SMILES string of the molecule is CC(C)Cc1cc(CNc2nc(-c3cccnc3)nc3c2CCNC3)no1. The molecular formula is C20H24N6O. The molecule has 4 heterocycles. The van der Waals surface area contributed by atoms with Crippen molar-refractivity contribution in [3.05, 3.63) is 53.3 Å². The fourth-order valence-corrected chi connectivity index (χ4v) is 3.24. The van der Waals surface area contributed by atoms with Crippen LogP contribution in [0.5, 0.6) is 0 Å². The number of hydrogen-bond donors (Lipinski definition) is 2. The summed E-state index contributed by atoms with van der Waals surface area (Å²) in [6.07, 6.45) is 5.34. The Morgan fingerprint density at radius 1 is 1.30 bits per heavy atom. The average molecular weight is 364 g/mol. The lowest BCUT2D eigenvalue weighted by molar-refractivity contribution is 0.364. The van der Waals surface area contributed by atoms with Gasteiger partial charge in [-0.25, -0.2) is 9.97 Å². The van der Waals surface area contributed by atoms with Crippen molar-refractivity contribution in [2.45, 2.75) is 39.8 Å². The minimum Gasteiger partial charge on any atom is -0.364 e. The van der Waals surface area contributed by atoms with Crippen molar-refractivity contribution < 1.29 is 4.52 Å². The molecule has 3 aromatic heterocycles. The van der Waals surface area contributed by atoms with Crippen LogP contribution in [0.15, 0.2) is 35.1 Å². The zero-order valence-electron chi connectivity index (χ0n) is 15.7. The molecule has 4 rings (SSSR count). The van der Waals surface area contributed by atoms with Gasteiger partial charge in [0.05, 0.1) is 12.2 Å². The van der Waals surface area contributed by atoms with E-state index in [0.29, 0.717) is 18.3 Å². The monoisotopic (exact) mass is 364 g/mol. The Labute approximate surface area is 158 Å². The van der Waals surface area contributed by atoms with E-state index < -0.39 is 0 Å². The maximum atomic E-state index is 5.43. The molecule has 0 aromatic carbocycles. The van der Waals surface area contributed by atoms with Gasteiger partial charge in [0.25, 0.3) is 0 Å². The molecule has 0 radical (unpaired) electrons. The van der Waals surface area contributed by atoms with Crippen LogP contribution in [-0.2, 0) is 25.9 Å². The molecule has 0 atom stereocenters. The van der Waals surface area contributed by atoms with Crippen molar-refractivity contribution in [2.24, 2.45) is 5.92 Å². The molecule has 2 N–H and O–H groups in total. The van der Waals surface area contributed by atoms with Gasteiger partial charge in [0.2, 0.25) is 0 Å². The van der Waals surface area contributed by atoms with Gasteiger partial charge in [-0.05, 0) is 31.0 Å². The molecule has 0 spiro atoms. The first kappa shape index (κ1) is 17.6. The van der Waals surface area contributed by atoms with E-state index in [2.05, 4.69) is 34.6 Å². The maximum Gasteiger partial charge on any atom is 0.163 e. The van der Waals surface area contributed by atoms with Crippen molar-refractivity contribution in [1.29, 1.82) is 0 Å². The van der Waals surface area contributed by atoms with E-state index in [0.717, 1.165) is 54.5 Å². The number of pyridine rings is 1. The molecule has 140 valence electrons. The fraction of sp³-hybridized carbons (Fsp3) is 0.400. The Bertz CT molecular complexity index is 906. The molecule has 0 fully saturated rings. The summed E-state index contributed by atoms with van der Waals surface area (Å²) < 4.78 is 5.43. The summed E-state index contributed by atoms with van der Waals surface area (Å²) in [5.41, 5.74) is 4.01. The van der Waals surface area contributed by atoms with Crippen LogP contribution in [0, 0.1) is 5.92 Å². The number of hydrogen-bond acceptors (Lipinski definition) is 7. The molecule has 1 aliphatic rings. The first-order valence-electron chi connectivity index (χ1n) is 9.38. The van der Waals surface area contributed by atoms with Gasteiger partial charge in [-0.1, -0.05) is 19.0 Å². The minimum atomic E-state index is 0.544. The normalized spacial score (nSPS) is 13.6. The van der Waals surface area contributed by atoms with Gasteiger partial charge in [-0.3, -0.25) is 4.98 Å². The number of anilines is 1. The predicted octanol–water partition coefficient (Wildman–Crippen LogP) is 2.98. The standard InChI is InChI=1S/C20H24N6O/c1-13(2)8-16-9-15(26-27-16)11-23-20-17-5-7-22-12-18(17)24-19(25-20)14-4-3-6-21-10-14/h3-4,6,9-10,13,22H,5,7-8,11-12H2,1-2H3,(H,23,24,25).